The van der Waals surface area contributed by atoms with E-state index < -0.39 is 11.6 Å². The van der Waals surface area contributed by atoms with Crippen LogP contribution < -0.4 is 5.73 Å². The van der Waals surface area contributed by atoms with Crippen molar-refractivity contribution in [3.8, 4) is 0 Å². The summed E-state index contributed by atoms with van der Waals surface area (Å²) in [6.07, 6.45) is 1.62. The van der Waals surface area contributed by atoms with Gasteiger partial charge in [-0.25, -0.2) is 13.8 Å². The van der Waals surface area contributed by atoms with Crippen LogP contribution in [0, 0.1) is 11.6 Å². The van der Waals surface area contributed by atoms with Gasteiger partial charge >= 0.3 is 0 Å². The molecule has 1 aromatic heterocycles. The molecule has 2 nitrogen and oxygen atoms in total. The lowest BCUT2D eigenvalue weighted by Gasteiger charge is -2.11. The van der Waals surface area contributed by atoms with Crippen LogP contribution in [0.1, 0.15) is 18.5 Å². The fraction of sp³-hybridized carbons (Fsp3) is 0.154. The standard InChI is InChI=1S/C13H12F2N2S/c1-8(16)10-3-2-6-17-13(10)18-12-5-4-9(14)7-11(12)15/h2-8H,16H2,1H3. The maximum atomic E-state index is 13.5. The Morgan fingerprint density at radius 3 is 2.72 bits per heavy atom. The Morgan fingerprint density at radius 1 is 1.28 bits per heavy atom. The van der Waals surface area contributed by atoms with Crippen molar-refractivity contribution in [3.05, 3.63) is 53.7 Å². The Balaban J connectivity index is 2.34. The second-order valence-electron chi connectivity index (χ2n) is 3.86. The highest BCUT2D eigenvalue weighted by Gasteiger charge is 2.12. The minimum absolute atomic E-state index is 0.190. The van der Waals surface area contributed by atoms with Gasteiger partial charge in [0, 0.05) is 28.8 Å². The zero-order valence-corrected chi connectivity index (χ0v) is 10.5. The lowest BCUT2D eigenvalue weighted by molar-refractivity contribution is 0.565. The van der Waals surface area contributed by atoms with Gasteiger partial charge in [0.05, 0.1) is 0 Å². The molecule has 0 amide bonds. The predicted octanol–water partition coefficient (Wildman–Crippen LogP) is 3.53. The summed E-state index contributed by atoms with van der Waals surface area (Å²) in [6.45, 7) is 1.84. The van der Waals surface area contributed by atoms with Crippen LogP contribution >= 0.6 is 11.8 Å². The van der Waals surface area contributed by atoms with E-state index in [9.17, 15) is 8.78 Å². The van der Waals surface area contributed by atoms with Crippen LogP contribution in [0.3, 0.4) is 0 Å². The van der Waals surface area contributed by atoms with Gasteiger partial charge in [0.2, 0.25) is 0 Å². The van der Waals surface area contributed by atoms with Crippen LogP contribution in [0.15, 0.2) is 46.5 Å². The number of rotatable bonds is 3. The molecule has 1 heterocycles. The zero-order chi connectivity index (χ0) is 13.1. The molecule has 18 heavy (non-hydrogen) atoms. The third-order valence-electron chi connectivity index (χ3n) is 2.39. The van der Waals surface area contributed by atoms with Crippen LogP contribution in [0.4, 0.5) is 8.78 Å². The van der Waals surface area contributed by atoms with Gasteiger partial charge in [-0.3, -0.25) is 0 Å². The van der Waals surface area contributed by atoms with Crippen molar-refractivity contribution in [2.75, 3.05) is 0 Å². The van der Waals surface area contributed by atoms with Crippen molar-refractivity contribution in [2.24, 2.45) is 5.73 Å². The van der Waals surface area contributed by atoms with Crippen molar-refractivity contribution >= 4 is 11.8 Å². The Hall–Kier alpha value is -1.46. The largest absolute Gasteiger partial charge is 0.324 e. The Kier molecular flexibility index (Phi) is 3.93. The minimum atomic E-state index is -0.596. The van der Waals surface area contributed by atoms with Gasteiger partial charge in [-0.2, -0.15) is 0 Å². The summed E-state index contributed by atoms with van der Waals surface area (Å²) in [7, 11) is 0. The summed E-state index contributed by atoms with van der Waals surface area (Å²) in [6, 6.07) is 6.92. The Morgan fingerprint density at radius 2 is 2.06 bits per heavy atom. The van der Waals surface area contributed by atoms with E-state index in [1.807, 2.05) is 13.0 Å². The molecule has 1 atom stereocenters. The molecule has 1 unspecified atom stereocenters. The molecule has 0 radical (unpaired) electrons. The average molecular weight is 266 g/mol. The van der Waals surface area contributed by atoms with Crippen LogP contribution in [0.25, 0.3) is 0 Å². The van der Waals surface area contributed by atoms with E-state index in [1.165, 1.54) is 12.1 Å². The quantitative estimate of drug-likeness (QED) is 0.923. The number of nitrogens with two attached hydrogens (primary N) is 1. The summed E-state index contributed by atoms with van der Waals surface area (Å²) in [4.78, 5) is 4.51. The van der Waals surface area contributed by atoms with Gasteiger partial charge in [0.15, 0.2) is 0 Å². The lowest BCUT2D eigenvalue weighted by Crippen LogP contribution is -2.07. The number of hydrogen-bond donors (Lipinski definition) is 1. The minimum Gasteiger partial charge on any atom is -0.324 e. The van der Waals surface area contributed by atoms with Crippen molar-refractivity contribution in [2.45, 2.75) is 22.9 Å². The first-order valence-corrected chi connectivity index (χ1v) is 6.23. The Labute approximate surface area is 108 Å². The highest BCUT2D eigenvalue weighted by atomic mass is 32.2. The van der Waals surface area contributed by atoms with Crippen molar-refractivity contribution in [1.82, 2.24) is 4.98 Å². The monoisotopic (exact) mass is 266 g/mol. The summed E-state index contributed by atoms with van der Waals surface area (Å²) in [5.41, 5.74) is 6.66. The molecule has 5 heteroatoms. The summed E-state index contributed by atoms with van der Waals surface area (Å²) in [5.74, 6) is -1.19. The molecule has 94 valence electrons. The molecule has 0 bridgehead atoms. The van der Waals surface area contributed by atoms with Crippen LogP contribution in [0.5, 0.6) is 0 Å². The van der Waals surface area contributed by atoms with Gasteiger partial charge in [-0.05, 0) is 25.1 Å². The van der Waals surface area contributed by atoms with Gasteiger partial charge < -0.3 is 5.73 Å². The second kappa shape index (κ2) is 5.46. The van der Waals surface area contributed by atoms with Crippen LogP contribution in [-0.4, -0.2) is 4.98 Å². The third-order valence-corrected chi connectivity index (χ3v) is 3.48. The van der Waals surface area contributed by atoms with E-state index in [4.69, 9.17) is 5.73 Å². The number of pyridine rings is 1. The van der Waals surface area contributed by atoms with Crippen molar-refractivity contribution in [1.29, 1.82) is 0 Å². The van der Waals surface area contributed by atoms with E-state index in [1.54, 1.807) is 12.3 Å². The smallest absolute Gasteiger partial charge is 0.140 e. The maximum Gasteiger partial charge on any atom is 0.140 e. The lowest BCUT2D eigenvalue weighted by atomic mass is 10.2. The molecule has 0 aliphatic heterocycles. The molecule has 0 saturated carbocycles. The first-order chi connectivity index (χ1) is 8.58. The molecule has 0 aliphatic carbocycles. The van der Waals surface area contributed by atoms with Crippen molar-refractivity contribution in [3.63, 3.8) is 0 Å². The number of benzene rings is 1. The molecule has 0 saturated heterocycles. The normalized spacial score (nSPS) is 12.4. The fourth-order valence-electron chi connectivity index (χ4n) is 1.50. The molecular formula is C13H12F2N2S. The topological polar surface area (TPSA) is 38.9 Å². The highest BCUT2D eigenvalue weighted by Crippen LogP contribution is 2.32. The number of nitrogens with zero attached hydrogens (tertiary/aromatic N) is 1. The SMILES string of the molecule is CC(N)c1cccnc1Sc1ccc(F)cc1F. The third kappa shape index (κ3) is 2.86. The average Bonchev–Trinajstić information content (AvgIpc) is 2.33. The van der Waals surface area contributed by atoms with E-state index >= 15 is 0 Å². The van der Waals surface area contributed by atoms with Gasteiger partial charge in [-0.15, -0.1) is 0 Å². The fourth-order valence-corrected chi connectivity index (χ4v) is 2.48. The number of hydrogen-bond acceptors (Lipinski definition) is 3. The molecule has 1 aromatic carbocycles. The Bertz CT molecular complexity index is 558. The molecule has 0 fully saturated rings. The van der Waals surface area contributed by atoms with Gasteiger partial charge in [0.1, 0.15) is 16.7 Å². The van der Waals surface area contributed by atoms with E-state index in [2.05, 4.69) is 4.98 Å². The molecule has 0 spiro atoms. The highest BCUT2D eigenvalue weighted by molar-refractivity contribution is 7.99. The molecule has 2 N–H and O–H groups in total. The predicted molar refractivity (Wildman–Crippen MR) is 67.3 cm³/mol. The molecular weight excluding hydrogens is 254 g/mol. The van der Waals surface area contributed by atoms with Gasteiger partial charge in [0.25, 0.3) is 0 Å². The zero-order valence-electron chi connectivity index (χ0n) is 9.73. The second-order valence-corrected chi connectivity index (χ2v) is 4.89. The van der Waals surface area contributed by atoms with E-state index in [-0.39, 0.29) is 6.04 Å². The summed E-state index contributed by atoms with van der Waals surface area (Å²) >= 11 is 1.15. The van der Waals surface area contributed by atoms with Crippen molar-refractivity contribution < 1.29 is 8.78 Å². The molecule has 0 aliphatic rings. The summed E-state index contributed by atoms with van der Waals surface area (Å²) in [5, 5.41) is 0.637. The van der Waals surface area contributed by atoms with Crippen LogP contribution in [0.2, 0.25) is 0 Å². The van der Waals surface area contributed by atoms with Crippen LogP contribution in [-0.2, 0) is 0 Å². The van der Waals surface area contributed by atoms with E-state index in [0.717, 1.165) is 23.4 Å². The molecule has 2 aromatic rings. The number of halogens is 2. The first kappa shape index (κ1) is 13.0. The maximum absolute atomic E-state index is 13.5. The van der Waals surface area contributed by atoms with Gasteiger partial charge in [-0.1, -0.05) is 17.8 Å². The summed E-state index contributed by atoms with van der Waals surface area (Å²) < 4.78 is 26.4. The van der Waals surface area contributed by atoms with E-state index in [0.29, 0.717) is 9.92 Å². The molecule has 2 rings (SSSR count). The first-order valence-electron chi connectivity index (χ1n) is 5.41. The number of aromatic nitrogens is 1.